The monoisotopic (exact) mass is 662 g/mol. The van der Waals surface area contributed by atoms with E-state index in [4.69, 9.17) is 19.5 Å². The van der Waals surface area contributed by atoms with Crippen LogP contribution >= 0.6 is 7.60 Å². The van der Waals surface area contributed by atoms with E-state index in [0.29, 0.717) is 12.8 Å². The van der Waals surface area contributed by atoms with Crippen LogP contribution in [0.4, 0.5) is 0 Å². The average molecular weight is 663 g/mol. The zero-order chi connectivity index (χ0) is 33.8. The minimum atomic E-state index is -4.14. The maximum Gasteiger partial charge on any atom is 0.385 e. The lowest BCUT2D eigenvalue weighted by atomic mass is 10.1. The van der Waals surface area contributed by atoms with Gasteiger partial charge in [0.1, 0.15) is 12.7 Å². The van der Waals surface area contributed by atoms with Crippen molar-refractivity contribution < 1.29 is 43.3 Å². The van der Waals surface area contributed by atoms with E-state index in [1.54, 1.807) is 21.0 Å². The van der Waals surface area contributed by atoms with Gasteiger partial charge in [0.25, 0.3) is 0 Å². The summed E-state index contributed by atoms with van der Waals surface area (Å²) in [6, 6.07) is 0. The highest BCUT2D eigenvalue weighted by molar-refractivity contribution is 7.53. The van der Waals surface area contributed by atoms with Crippen molar-refractivity contribution in [3.8, 4) is 0 Å². The third-order valence-corrected chi connectivity index (χ3v) is 10.5. The molecule has 0 bridgehead atoms. The number of rotatable bonds is 31. The number of nitrogens with zero attached hydrogens (tertiary/aromatic N) is 1. The lowest BCUT2D eigenvalue weighted by Gasteiger charge is -2.39. The zero-order valence-corrected chi connectivity index (χ0v) is 30.0. The Bertz CT molecular complexity index is 817. The first-order chi connectivity index (χ1) is 21.5. The van der Waals surface area contributed by atoms with Gasteiger partial charge in [-0.25, -0.2) is 0 Å². The van der Waals surface area contributed by atoms with Crippen LogP contribution < -0.4 is 0 Å². The van der Waals surface area contributed by atoms with E-state index in [1.807, 2.05) is 0 Å². The molecule has 0 saturated carbocycles. The molecule has 266 valence electrons. The first-order valence-electron chi connectivity index (χ1n) is 17.8. The van der Waals surface area contributed by atoms with Crippen LogP contribution in [0.15, 0.2) is 24.3 Å². The van der Waals surface area contributed by atoms with Crippen molar-refractivity contribution in [2.45, 2.75) is 160 Å². The Balaban J connectivity index is 3.80. The molecule has 0 heterocycles. The number of unbranched alkanes of at least 4 members (excludes halogenated alkanes) is 14. The second-order valence-electron chi connectivity index (χ2n) is 12.9. The smallest absolute Gasteiger partial charge is 0.385 e. The predicted octanol–water partition coefficient (Wildman–Crippen LogP) is 7.76. The van der Waals surface area contributed by atoms with Gasteiger partial charge >= 0.3 is 13.6 Å². The second kappa shape index (κ2) is 28.0. The molecule has 0 saturated heterocycles. The quantitative estimate of drug-likeness (QED) is 0.0148. The molecule has 0 amide bonds. The average Bonchev–Trinajstić information content (AvgIpc) is 2.99. The number of hydrogen-bond donors (Lipinski definition) is 4. The molecular formula is C35H69NO8P+. The Hall–Kier alpha value is -1.06. The normalized spacial score (nSPS) is 15.2. The molecule has 10 heteroatoms. The summed E-state index contributed by atoms with van der Waals surface area (Å²) >= 11 is 0. The standard InChI is InChI=1S/C35H68NO8P/c1-5-7-8-9-10-11-12-13-14-15-16-17-18-19-20-21-22-23-24-25-26-27-35(40)43-30-32(37)31-44-45(41,42)33(6-2)36(3,4)29-28-34(38)39/h10-11,22-23,32-34,37-39H,5-9,12-21,24-31H2,1-4H3/p+1/b11-10-,23-22-/t32-,33?/m1/s1. The second-order valence-corrected chi connectivity index (χ2v) is 14.9. The van der Waals surface area contributed by atoms with Gasteiger partial charge in [-0.3, -0.25) is 9.36 Å². The van der Waals surface area contributed by atoms with E-state index in [-0.39, 0.29) is 30.5 Å². The van der Waals surface area contributed by atoms with E-state index in [0.717, 1.165) is 19.3 Å². The highest BCUT2D eigenvalue weighted by Crippen LogP contribution is 2.52. The molecule has 45 heavy (non-hydrogen) atoms. The molecule has 0 spiro atoms. The Labute approximate surface area is 275 Å². The SMILES string of the molecule is CCCCC/C=C\CCCCCCCCCC/C=C\CCCCC(=O)OC[C@@H](O)COP(=O)(O)C(CC)[N+](C)(C)CCC(O)O. The molecule has 0 aliphatic carbocycles. The summed E-state index contributed by atoms with van der Waals surface area (Å²) in [5.74, 6) is -1.21. The van der Waals surface area contributed by atoms with Crippen LogP contribution in [0.25, 0.3) is 0 Å². The van der Waals surface area contributed by atoms with Gasteiger partial charge in [-0.1, -0.05) is 89.5 Å². The number of quaternary nitrogens is 1. The maximum atomic E-state index is 12.9. The lowest BCUT2D eigenvalue weighted by Crippen LogP contribution is -2.50. The minimum Gasteiger partial charge on any atom is -0.463 e. The molecule has 4 N–H and O–H groups in total. The molecule has 2 unspecified atom stereocenters. The molecule has 0 radical (unpaired) electrons. The molecule has 0 aliphatic rings. The van der Waals surface area contributed by atoms with Gasteiger partial charge in [0, 0.05) is 19.3 Å². The van der Waals surface area contributed by atoms with E-state index in [9.17, 15) is 19.4 Å². The van der Waals surface area contributed by atoms with Gasteiger partial charge in [0.05, 0.1) is 27.2 Å². The number of carbonyl (C=O) groups excluding carboxylic acids is 1. The summed E-state index contributed by atoms with van der Waals surface area (Å²) < 4.78 is 23.2. The summed E-state index contributed by atoms with van der Waals surface area (Å²) in [4.78, 5) is 22.5. The van der Waals surface area contributed by atoms with Gasteiger partial charge in [-0.15, -0.1) is 0 Å². The van der Waals surface area contributed by atoms with Gasteiger partial charge in [-0.05, 0) is 57.8 Å². The lowest BCUT2D eigenvalue weighted by molar-refractivity contribution is -0.903. The van der Waals surface area contributed by atoms with Crippen LogP contribution in [0, 0.1) is 0 Å². The van der Waals surface area contributed by atoms with Crippen LogP contribution in [-0.4, -0.2) is 82.7 Å². The van der Waals surface area contributed by atoms with Crippen LogP contribution in [0.5, 0.6) is 0 Å². The number of hydrogen-bond acceptors (Lipinski definition) is 7. The Morgan fingerprint density at radius 3 is 1.67 bits per heavy atom. The molecule has 0 aromatic rings. The number of aliphatic hydroxyl groups is 3. The molecule has 9 nitrogen and oxygen atoms in total. The predicted molar refractivity (Wildman–Crippen MR) is 184 cm³/mol. The van der Waals surface area contributed by atoms with E-state index >= 15 is 0 Å². The van der Waals surface area contributed by atoms with Gasteiger partial charge < -0.3 is 34.0 Å². The van der Waals surface area contributed by atoms with Crippen molar-refractivity contribution in [1.82, 2.24) is 0 Å². The molecule has 0 aromatic heterocycles. The number of allylic oxidation sites excluding steroid dienone is 4. The zero-order valence-electron chi connectivity index (χ0n) is 29.1. The first kappa shape index (κ1) is 43.9. The van der Waals surface area contributed by atoms with Gasteiger partial charge in [0.2, 0.25) is 0 Å². The van der Waals surface area contributed by atoms with E-state index in [1.165, 1.54) is 83.5 Å². The Morgan fingerprint density at radius 2 is 1.20 bits per heavy atom. The van der Waals surface area contributed by atoms with Crippen molar-refractivity contribution in [1.29, 1.82) is 0 Å². The highest BCUT2D eigenvalue weighted by atomic mass is 31.2. The summed E-state index contributed by atoms with van der Waals surface area (Å²) in [7, 11) is -0.698. The van der Waals surface area contributed by atoms with Crippen molar-refractivity contribution >= 4 is 13.6 Å². The minimum absolute atomic E-state index is 0.0523. The Morgan fingerprint density at radius 1 is 0.733 bits per heavy atom. The number of ether oxygens (including phenoxy) is 1. The first-order valence-corrected chi connectivity index (χ1v) is 19.4. The Kier molecular flexibility index (Phi) is 27.3. The van der Waals surface area contributed by atoms with E-state index in [2.05, 4.69) is 31.2 Å². The number of aliphatic hydroxyl groups excluding tert-OH is 2. The van der Waals surface area contributed by atoms with Crippen molar-refractivity contribution in [2.24, 2.45) is 0 Å². The molecule has 3 atom stereocenters. The number of esters is 1. The summed E-state index contributed by atoms with van der Waals surface area (Å²) in [6.07, 6.45) is 27.7. The fraction of sp³-hybridized carbons (Fsp3) is 0.857. The molecular weight excluding hydrogens is 593 g/mol. The topological polar surface area (TPSA) is 134 Å². The van der Waals surface area contributed by atoms with Crippen LogP contribution in [-0.2, 0) is 18.6 Å². The fourth-order valence-electron chi connectivity index (χ4n) is 5.41. The molecule has 0 aromatic carbocycles. The van der Waals surface area contributed by atoms with Crippen LogP contribution in [0.1, 0.15) is 142 Å². The van der Waals surface area contributed by atoms with Crippen molar-refractivity contribution in [3.05, 3.63) is 24.3 Å². The summed E-state index contributed by atoms with van der Waals surface area (Å²) in [5.41, 5.74) is 0. The largest absolute Gasteiger partial charge is 0.463 e. The fourth-order valence-corrected chi connectivity index (χ4v) is 7.33. The number of carbonyl (C=O) groups is 1. The third-order valence-electron chi connectivity index (χ3n) is 8.20. The third kappa shape index (κ3) is 25.7. The summed E-state index contributed by atoms with van der Waals surface area (Å²) in [5, 5.41) is 28.4. The van der Waals surface area contributed by atoms with Crippen molar-refractivity contribution in [3.63, 3.8) is 0 Å². The van der Waals surface area contributed by atoms with Crippen molar-refractivity contribution in [2.75, 3.05) is 33.9 Å². The molecule has 0 rings (SSSR count). The molecule has 0 aliphatic heterocycles. The van der Waals surface area contributed by atoms with E-state index < -0.39 is 38.3 Å². The maximum absolute atomic E-state index is 12.9. The summed E-state index contributed by atoms with van der Waals surface area (Å²) in [6.45, 7) is 3.51. The highest BCUT2D eigenvalue weighted by Gasteiger charge is 2.43. The molecule has 0 fully saturated rings. The van der Waals surface area contributed by atoms with Gasteiger partial charge in [0.15, 0.2) is 12.1 Å². The van der Waals surface area contributed by atoms with Crippen LogP contribution in [0.2, 0.25) is 0 Å². The van der Waals surface area contributed by atoms with Crippen LogP contribution in [0.3, 0.4) is 0 Å². The van der Waals surface area contributed by atoms with Gasteiger partial charge in [-0.2, -0.15) is 0 Å².